The van der Waals surface area contributed by atoms with E-state index in [1.807, 2.05) is 30.3 Å². The molecule has 5 nitrogen and oxygen atoms in total. The standard InChI is InChI=1S/C17H19NO4/c1-22-14-9-7-13(8-10-14)15(16(19)17(20)21)18-11-12-5-3-2-4-6-12/h2-10,15-16,18-19H,11H2,1H3,(H,20,21)/t15-,16+/m0/s1. The minimum absolute atomic E-state index is 0.460. The molecular weight excluding hydrogens is 282 g/mol. The zero-order chi connectivity index (χ0) is 15.9. The molecule has 0 spiro atoms. The van der Waals surface area contributed by atoms with Crippen molar-refractivity contribution in [3.63, 3.8) is 0 Å². The van der Waals surface area contributed by atoms with Crippen LogP contribution in [0.3, 0.4) is 0 Å². The van der Waals surface area contributed by atoms with Gasteiger partial charge < -0.3 is 20.3 Å². The summed E-state index contributed by atoms with van der Waals surface area (Å²) >= 11 is 0. The summed E-state index contributed by atoms with van der Waals surface area (Å²) in [5.74, 6) is -0.586. The molecule has 2 rings (SSSR count). The van der Waals surface area contributed by atoms with Crippen LogP contribution in [0.2, 0.25) is 0 Å². The second-order valence-corrected chi connectivity index (χ2v) is 4.90. The fourth-order valence-electron chi connectivity index (χ4n) is 2.19. The van der Waals surface area contributed by atoms with Crippen molar-refractivity contribution >= 4 is 5.97 Å². The third-order valence-corrected chi connectivity index (χ3v) is 3.41. The van der Waals surface area contributed by atoms with E-state index in [2.05, 4.69) is 5.32 Å². The maximum atomic E-state index is 11.1. The van der Waals surface area contributed by atoms with Gasteiger partial charge in [-0.3, -0.25) is 0 Å². The van der Waals surface area contributed by atoms with Gasteiger partial charge in [-0.15, -0.1) is 0 Å². The monoisotopic (exact) mass is 301 g/mol. The Bertz CT molecular complexity index is 598. The van der Waals surface area contributed by atoms with Gasteiger partial charge in [-0.25, -0.2) is 4.79 Å². The van der Waals surface area contributed by atoms with Crippen LogP contribution in [0.4, 0.5) is 0 Å². The van der Waals surface area contributed by atoms with Crippen molar-refractivity contribution in [1.82, 2.24) is 5.32 Å². The van der Waals surface area contributed by atoms with Crippen molar-refractivity contribution in [1.29, 1.82) is 0 Å². The number of aliphatic carboxylic acids is 1. The normalized spacial score (nSPS) is 13.4. The van der Waals surface area contributed by atoms with Crippen LogP contribution in [-0.2, 0) is 11.3 Å². The van der Waals surface area contributed by atoms with Gasteiger partial charge in [-0.1, -0.05) is 42.5 Å². The summed E-state index contributed by atoms with van der Waals surface area (Å²) in [5, 5.41) is 22.1. The second kappa shape index (κ2) is 7.59. The van der Waals surface area contributed by atoms with Gasteiger partial charge in [0.15, 0.2) is 6.10 Å². The van der Waals surface area contributed by atoms with Crippen LogP contribution >= 0.6 is 0 Å². The second-order valence-electron chi connectivity index (χ2n) is 4.90. The summed E-state index contributed by atoms with van der Waals surface area (Å²) in [6.07, 6.45) is -1.53. The van der Waals surface area contributed by atoms with E-state index in [0.29, 0.717) is 17.9 Å². The van der Waals surface area contributed by atoms with Crippen LogP contribution in [0.15, 0.2) is 54.6 Å². The minimum Gasteiger partial charge on any atom is -0.497 e. The Hall–Kier alpha value is -2.37. The Morgan fingerprint density at radius 3 is 2.32 bits per heavy atom. The third kappa shape index (κ3) is 4.07. The number of hydrogen-bond acceptors (Lipinski definition) is 4. The molecule has 0 aromatic heterocycles. The van der Waals surface area contributed by atoms with E-state index in [-0.39, 0.29) is 0 Å². The molecule has 2 aromatic carbocycles. The first-order chi connectivity index (χ1) is 10.6. The lowest BCUT2D eigenvalue weighted by Crippen LogP contribution is -2.37. The highest BCUT2D eigenvalue weighted by Crippen LogP contribution is 2.21. The number of aliphatic hydroxyl groups is 1. The fraction of sp³-hybridized carbons (Fsp3) is 0.235. The molecule has 5 heteroatoms. The number of methoxy groups -OCH3 is 1. The van der Waals surface area contributed by atoms with Crippen LogP contribution in [-0.4, -0.2) is 29.4 Å². The first kappa shape index (κ1) is 16.0. The van der Waals surface area contributed by atoms with Crippen molar-refractivity contribution in [3.8, 4) is 5.75 Å². The predicted molar refractivity (Wildman–Crippen MR) is 82.7 cm³/mol. The third-order valence-electron chi connectivity index (χ3n) is 3.41. The highest BCUT2D eigenvalue weighted by atomic mass is 16.5. The fourth-order valence-corrected chi connectivity index (χ4v) is 2.19. The highest BCUT2D eigenvalue weighted by molar-refractivity contribution is 5.73. The van der Waals surface area contributed by atoms with E-state index in [9.17, 15) is 9.90 Å². The average Bonchev–Trinajstić information content (AvgIpc) is 2.56. The van der Waals surface area contributed by atoms with Crippen LogP contribution in [0.25, 0.3) is 0 Å². The topological polar surface area (TPSA) is 78.8 Å². The van der Waals surface area contributed by atoms with Crippen molar-refractivity contribution in [2.24, 2.45) is 0 Å². The van der Waals surface area contributed by atoms with Crippen LogP contribution in [0, 0.1) is 0 Å². The number of nitrogens with one attached hydrogen (secondary N) is 1. The summed E-state index contributed by atoms with van der Waals surface area (Å²) in [4.78, 5) is 11.1. The molecular formula is C17H19NO4. The summed E-state index contributed by atoms with van der Waals surface area (Å²) in [7, 11) is 1.56. The molecule has 22 heavy (non-hydrogen) atoms. The van der Waals surface area contributed by atoms with Gasteiger partial charge in [-0.2, -0.15) is 0 Å². The lowest BCUT2D eigenvalue weighted by molar-refractivity contribution is -0.148. The molecule has 0 amide bonds. The molecule has 0 saturated heterocycles. The van der Waals surface area contributed by atoms with Crippen LogP contribution < -0.4 is 10.1 Å². The maximum Gasteiger partial charge on any atom is 0.334 e. The number of carboxylic acids is 1. The smallest absolute Gasteiger partial charge is 0.334 e. The summed E-state index contributed by atoms with van der Waals surface area (Å²) < 4.78 is 5.09. The quantitative estimate of drug-likeness (QED) is 0.729. The molecule has 0 unspecified atom stereocenters. The lowest BCUT2D eigenvalue weighted by atomic mass is 10.0. The van der Waals surface area contributed by atoms with E-state index in [1.54, 1.807) is 31.4 Å². The van der Waals surface area contributed by atoms with E-state index in [1.165, 1.54) is 0 Å². The largest absolute Gasteiger partial charge is 0.497 e. The van der Waals surface area contributed by atoms with Crippen LogP contribution in [0.5, 0.6) is 5.75 Å². The van der Waals surface area contributed by atoms with Crippen molar-refractivity contribution in [2.45, 2.75) is 18.7 Å². The molecule has 0 aliphatic heterocycles. The molecule has 0 fully saturated rings. The number of carboxylic acid groups (broad SMARTS) is 1. The molecule has 3 N–H and O–H groups in total. The summed E-state index contributed by atoms with van der Waals surface area (Å²) in [5.41, 5.74) is 1.70. The first-order valence-corrected chi connectivity index (χ1v) is 6.94. The molecule has 2 aromatic rings. The summed E-state index contributed by atoms with van der Waals surface area (Å²) in [6, 6.07) is 15.9. The molecule has 116 valence electrons. The number of benzene rings is 2. The Balaban J connectivity index is 2.16. The van der Waals surface area contributed by atoms with Crippen LogP contribution in [0.1, 0.15) is 17.2 Å². The number of hydrogen-bond donors (Lipinski definition) is 3. The Labute approximate surface area is 129 Å². The molecule has 0 bridgehead atoms. The van der Waals surface area contributed by atoms with E-state index >= 15 is 0 Å². The predicted octanol–water partition coefficient (Wildman–Crippen LogP) is 1.97. The first-order valence-electron chi connectivity index (χ1n) is 6.94. The SMILES string of the molecule is COc1ccc([C@H](NCc2ccccc2)[C@@H](O)C(=O)O)cc1. The molecule has 0 aliphatic carbocycles. The zero-order valence-electron chi connectivity index (χ0n) is 12.3. The highest BCUT2D eigenvalue weighted by Gasteiger charge is 2.26. The van der Waals surface area contributed by atoms with Gasteiger partial charge in [0.05, 0.1) is 13.2 Å². The lowest BCUT2D eigenvalue weighted by Gasteiger charge is -2.22. The number of aliphatic hydroxyl groups excluding tert-OH is 1. The van der Waals surface area contributed by atoms with Gasteiger partial charge in [0.1, 0.15) is 5.75 Å². The van der Waals surface area contributed by atoms with E-state index < -0.39 is 18.1 Å². The number of carbonyl (C=O) groups is 1. The zero-order valence-corrected chi connectivity index (χ0v) is 12.3. The van der Waals surface area contributed by atoms with Crippen molar-refractivity contribution in [3.05, 3.63) is 65.7 Å². The van der Waals surface area contributed by atoms with Crippen molar-refractivity contribution in [2.75, 3.05) is 7.11 Å². The van der Waals surface area contributed by atoms with Gasteiger partial charge in [0.25, 0.3) is 0 Å². The molecule has 2 atom stereocenters. The number of rotatable bonds is 7. The Kier molecular flexibility index (Phi) is 5.52. The van der Waals surface area contributed by atoms with Gasteiger partial charge in [0.2, 0.25) is 0 Å². The van der Waals surface area contributed by atoms with Gasteiger partial charge in [0, 0.05) is 6.54 Å². The molecule has 0 aliphatic rings. The molecule has 0 heterocycles. The number of ether oxygens (including phenoxy) is 1. The van der Waals surface area contributed by atoms with Gasteiger partial charge >= 0.3 is 5.97 Å². The van der Waals surface area contributed by atoms with Gasteiger partial charge in [-0.05, 0) is 23.3 Å². The summed E-state index contributed by atoms with van der Waals surface area (Å²) in [6.45, 7) is 0.460. The van der Waals surface area contributed by atoms with Crippen molar-refractivity contribution < 1.29 is 19.7 Å². The molecule has 0 saturated carbocycles. The Morgan fingerprint density at radius 2 is 1.77 bits per heavy atom. The molecule has 0 radical (unpaired) electrons. The van der Waals surface area contributed by atoms with E-state index in [4.69, 9.17) is 9.84 Å². The minimum atomic E-state index is -1.53. The maximum absolute atomic E-state index is 11.1. The van der Waals surface area contributed by atoms with E-state index in [0.717, 1.165) is 5.56 Å². The Morgan fingerprint density at radius 1 is 1.14 bits per heavy atom. The average molecular weight is 301 g/mol.